The van der Waals surface area contributed by atoms with Crippen molar-refractivity contribution in [3.8, 4) is 5.75 Å². The first kappa shape index (κ1) is 22.2. The molecule has 8 heteroatoms. The van der Waals surface area contributed by atoms with E-state index < -0.39 is 21.8 Å². The molecule has 0 aromatic heterocycles. The Morgan fingerprint density at radius 2 is 1.87 bits per heavy atom. The smallest absolute Gasteiger partial charge is 0.243 e. The van der Waals surface area contributed by atoms with Crippen molar-refractivity contribution in [3.63, 3.8) is 0 Å². The summed E-state index contributed by atoms with van der Waals surface area (Å²) in [5.41, 5.74) is 0.971. The molecule has 3 rings (SSSR count). The molecule has 2 aromatic rings. The van der Waals surface area contributed by atoms with Gasteiger partial charge in [0.2, 0.25) is 15.9 Å². The lowest BCUT2D eigenvalue weighted by atomic mass is 9.97. The largest absolute Gasteiger partial charge is 0.497 e. The van der Waals surface area contributed by atoms with Crippen molar-refractivity contribution in [1.29, 1.82) is 0 Å². The molecule has 1 aliphatic rings. The molecule has 1 heterocycles. The molecule has 1 saturated heterocycles. The van der Waals surface area contributed by atoms with Gasteiger partial charge in [0.15, 0.2) is 0 Å². The number of methoxy groups -OCH3 is 1. The molecule has 1 amide bonds. The molecule has 1 N–H and O–H groups in total. The Labute approximate surface area is 177 Å². The molecule has 0 unspecified atom stereocenters. The fraction of sp³-hybridized carbons (Fsp3) is 0.409. The summed E-state index contributed by atoms with van der Waals surface area (Å²) in [7, 11) is -2.17. The standard InChI is InChI=1S/C22H27FN2O4S/c1-3-21(16-6-10-19(29-2)11-7-16)24-22(26)17-5-4-14-25(15-17)30(27,28)20-12-8-18(23)9-13-20/h6-13,17,21H,3-5,14-15H2,1-2H3,(H,24,26)/t17-,21+/m1/s1. The maximum Gasteiger partial charge on any atom is 0.243 e. The zero-order valence-corrected chi connectivity index (χ0v) is 18.0. The minimum Gasteiger partial charge on any atom is -0.497 e. The molecule has 6 nitrogen and oxygen atoms in total. The Kier molecular flexibility index (Phi) is 7.10. The summed E-state index contributed by atoms with van der Waals surface area (Å²) < 4.78 is 45.4. The fourth-order valence-electron chi connectivity index (χ4n) is 3.68. The van der Waals surface area contributed by atoms with Gasteiger partial charge >= 0.3 is 0 Å². The molecular formula is C22H27FN2O4S. The second-order valence-electron chi connectivity index (χ2n) is 7.40. The topological polar surface area (TPSA) is 75.7 Å². The van der Waals surface area contributed by atoms with Gasteiger partial charge in [0.05, 0.1) is 24.0 Å². The van der Waals surface area contributed by atoms with Crippen LogP contribution in [0.3, 0.4) is 0 Å². The van der Waals surface area contributed by atoms with Crippen LogP contribution >= 0.6 is 0 Å². The Hall–Kier alpha value is -2.45. The number of carbonyl (C=O) groups is 1. The summed E-state index contributed by atoms with van der Waals surface area (Å²) in [5, 5.41) is 3.06. The summed E-state index contributed by atoms with van der Waals surface area (Å²) in [6.45, 7) is 2.45. The summed E-state index contributed by atoms with van der Waals surface area (Å²) in [6.07, 6.45) is 1.93. The maximum absolute atomic E-state index is 13.2. The average molecular weight is 435 g/mol. The number of ether oxygens (including phenoxy) is 1. The number of hydrogen-bond acceptors (Lipinski definition) is 4. The van der Waals surface area contributed by atoms with Gasteiger partial charge in [0.1, 0.15) is 11.6 Å². The number of nitrogens with one attached hydrogen (secondary N) is 1. The first-order valence-electron chi connectivity index (χ1n) is 10.0. The summed E-state index contributed by atoms with van der Waals surface area (Å²) in [4.78, 5) is 12.9. The number of halogens is 1. The predicted molar refractivity (Wildman–Crippen MR) is 112 cm³/mol. The van der Waals surface area contributed by atoms with Crippen LogP contribution in [0.15, 0.2) is 53.4 Å². The molecule has 0 radical (unpaired) electrons. The highest BCUT2D eigenvalue weighted by atomic mass is 32.2. The van der Waals surface area contributed by atoms with Gasteiger partial charge in [0, 0.05) is 13.1 Å². The van der Waals surface area contributed by atoms with Gasteiger partial charge in [-0.05, 0) is 61.2 Å². The van der Waals surface area contributed by atoms with Crippen molar-refractivity contribution in [2.24, 2.45) is 5.92 Å². The van der Waals surface area contributed by atoms with Crippen LogP contribution in [0.1, 0.15) is 37.8 Å². The van der Waals surface area contributed by atoms with Crippen LogP contribution in [0.5, 0.6) is 5.75 Å². The van der Waals surface area contributed by atoms with Crippen LogP contribution in [0.2, 0.25) is 0 Å². The van der Waals surface area contributed by atoms with Crippen molar-refractivity contribution in [2.45, 2.75) is 37.1 Å². The SMILES string of the molecule is CC[C@H](NC(=O)[C@@H]1CCCN(S(=O)(=O)c2ccc(F)cc2)C1)c1ccc(OC)cc1. The van der Waals surface area contributed by atoms with Crippen LogP contribution in [-0.4, -0.2) is 38.8 Å². The number of hydrogen-bond donors (Lipinski definition) is 1. The number of nitrogens with zero attached hydrogens (tertiary/aromatic N) is 1. The van der Waals surface area contributed by atoms with E-state index in [9.17, 15) is 17.6 Å². The van der Waals surface area contributed by atoms with Crippen LogP contribution < -0.4 is 10.1 Å². The van der Waals surface area contributed by atoms with Crippen LogP contribution in [0.4, 0.5) is 4.39 Å². The van der Waals surface area contributed by atoms with E-state index in [2.05, 4.69) is 5.32 Å². The molecule has 0 bridgehead atoms. The van der Waals surface area contributed by atoms with Gasteiger partial charge in [-0.3, -0.25) is 4.79 Å². The normalized spacial score (nSPS) is 18.6. The van der Waals surface area contributed by atoms with Gasteiger partial charge in [-0.25, -0.2) is 12.8 Å². The van der Waals surface area contributed by atoms with E-state index in [0.29, 0.717) is 25.8 Å². The molecule has 2 atom stereocenters. The predicted octanol–water partition coefficient (Wildman–Crippen LogP) is 3.50. The lowest BCUT2D eigenvalue weighted by Crippen LogP contribution is -2.46. The second kappa shape index (κ2) is 9.57. The van der Waals surface area contributed by atoms with Crippen molar-refractivity contribution < 1.29 is 22.3 Å². The molecular weight excluding hydrogens is 407 g/mol. The van der Waals surface area contributed by atoms with Gasteiger partial charge in [0.25, 0.3) is 0 Å². The fourth-order valence-corrected chi connectivity index (χ4v) is 5.20. The summed E-state index contributed by atoms with van der Waals surface area (Å²) >= 11 is 0. The van der Waals surface area contributed by atoms with Crippen LogP contribution in [-0.2, 0) is 14.8 Å². The number of benzene rings is 2. The number of piperidine rings is 1. The molecule has 1 fully saturated rings. The number of sulfonamides is 1. The molecule has 30 heavy (non-hydrogen) atoms. The minimum atomic E-state index is -3.77. The quantitative estimate of drug-likeness (QED) is 0.724. The monoisotopic (exact) mass is 434 g/mol. The van der Waals surface area contributed by atoms with E-state index in [1.807, 2.05) is 31.2 Å². The van der Waals surface area contributed by atoms with Gasteiger partial charge in [-0.1, -0.05) is 19.1 Å². The Morgan fingerprint density at radius 3 is 2.47 bits per heavy atom. The van der Waals surface area contributed by atoms with E-state index in [0.717, 1.165) is 23.4 Å². The zero-order valence-electron chi connectivity index (χ0n) is 17.2. The lowest BCUT2D eigenvalue weighted by molar-refractivity contribution is -0.126. The minimum absolute atomic E-state index is 0.0367. The number of carbonyl (C=O) groups excluding carboxylic acids is 1. The molecule has 0 aliphatic carbocycles. The average Bonchev–Trinajstić information content (AvgIpc) is 2.77. The Morgan fingerprint density at radius 1 is 1.20 bits per heavy atom. The Balaban J connectivity index is 1.69. The van der Waals surface area contributed by atoms with Crippen molar-refractivity contribution in [3.05, 3.63) is 59.9 Å². The van der Waals surface area contributed by atoms with Crippen LogP contribution in [0.25, 0.3) is 0 Å². The van der Waals surface area contributed by atoms with Crippen molar-refractivity contribution in [2.75, 3.05) is 20.2 Å². The molecule has 2 aromatic carbocycles. The molecule has 1 aliphatic heterocycles. The van der Waals surface area contributed by atoms with E-state index >= 15 is 0 Å². The zero-order chi connectivity index (χ0) is 21.7. The molecule has 162 valence electrons. The molecule has 0 saturated carbocycles. The highest BCUT2D eigenvalue weighted by molar-refractivity contribution is 7.89. The summed E-state index contributed by atoms with van der Waals surface area (Å²) in [6, 6.07) is 12.1. The van der Waals surface area contributed by atoms with E-state index in [4.69, 9.17) is 4.74 Å². The van der Waals surface area contributed by atoms with E-state index in [1.54, 1.807) is 7.11 Å². The van der Waals surface area contributed by atoms with Crippen molar-refractivity contribution in [1.82, 2.24) is 9.62 Å². The third-order valence-corrected chi connectivity index (χ3v) is 7.33. The highest BCUT2D eigenvalue weighted by Gasteiger charge is 2.34. The van der Waals surface area contributed by atoms with Gasteiger partial charge in [-0.15, -0.1) is 0 Å². The van der Waals surface area contributed by atoms with E-state index in [1.165, 1.54) is 16.4 Å². The molecule has 0 spiro atoms. The third kappa shape index (κ3) is 4.99. The van der Waals surface area contributed by atoms with Crippen LogP contribution in [0, 0.1) is 11.7 Å². The first-order chi connectivity index (χ1) is 14.3. The maximum atomic E-state index is 13.2. The number of amides is 1. The van der Waals surface area contributed by atoms with E-state index in [-0.39, 0.29) is 23.4 Å². The van der Waals surface area contributed by atoms with Gasteiger partial charge in [-0.2, -0.15) is 4.31 Å². The highest BCUT2D eigenvalue weighted by Crippen LogP contribution is 2.26. The Bertz CT molecular complexity index is 962. The second-order valence-corrected chi connectivity index (χ2v) is 9.34. The lowest BCUT2D eigenvalue weighted by Gasteiger charge is -2.32. The van der Waals surface area contributed by atoms with Gasteiger partial charge < -0.3 is 10.1 Å². The summed E-state index contributed by atoms with van der Waals surface area (Å²) in [5.74, 6) is -0.333. The first-order valence-corrected chi connectivity index (χ1v) is 11.5. The third-order valence-electron chi connectivity index (χ3n) is 5.45. The van der Waals surface area contributed by atoms with Crippen molar-refractivity contribution >= 4 is 15.9 Å². The number of rotatable bonds is 7.